The van der Waals surface area contributed by atoms with Crippen LogP contribution in [-0.4, -0.2) is 35.1 Å². The minimum absolute atomic E-state index is 0.0702. The SMILES string of the molecule is O=C(O)CC1CN(C(=O)Nc2cccc3ccccc23)C1. The average molecular weight is 284 g/mol. The summed E-state index contributed by atoms with van der Waals surface area (Å²) in [5.74, 6) is -0.741. The Hall–Kier alpha value is -2.56. The highest BCUT2D eigenvalue weighted by Crippen LogP contribution is 2.25. The van der Waals surface area contributed by atoms with Gasteiger partial charge in [0.1, 0.15) is 0 Å². The van der Waals surface area contributed by atoms with Gasteiger partial charge in [-0.05, 0) is 11.5 Å². The van der Waals surface area contributed by atoms with Crippen LogP contribution in [0.2, 0.25) is 0 Å². The van der Waals surface area contributed by atoms with Crippen LogP contribution < -0.4 is 5.32 Å². The van der Waals surface area contributed by atoms with Crippen molar-refractivity contribution in [3.8, 4) is 0 Å². The number of aliphatic carboxylic acids is 1. The molecule has 1 saturated heterocycles. The Morgan fingerprint density at radius 2 is 1.86 bits per heavy atom. The van der Waals surface area contributed by atoms with Crippen LogP contribution >= 0.6 is 0 Å². The highest BCUT2D eigenvalue weighted by molar-refractivity contribution is 6.01. The second-order valence-electron chi connectivity index (χ2n) is 5.33. The van der Waals surface area contributed by atoms with Crippen molar-refractivity contribution in [2.24, 2.45) is 5.92 Å². The smallest absolute Gasteiger partial charge is 0.321 e. The Morgan fingerprint density at radius 1 is 1.14 bits per heavy atom. The fraction of sp³-hybridized carbons (Fsp3) is 0.250. The number of urea groups is 1. The summed E-state index contributed by atoms with van der Waals surface area (Å²) in [7, 11) is 0. The summed E-state index contributed by atoms with van der Waals surface area (Å²) in [6, 6.07) is 13.5. The van der Waals surface area contributed by atoms with E-state index in [-0.39, 0.29) is 18.4 Å². The van der Waals surface area contributed by atoms with Crippen molar-refractivity contribution in [2.45, 2.75) is 6.42 Å². The van der Waals surface area contributed by atoms with Gasteiger partial charge in [-0.15, -0.1) is 0 Å². The Kier molecular flexibility index (Phi) is 3.48. The van der Waals surface area contributed by atoms with E-state index in [0.29, 0.717) is 13.1 Å². The molecular weight excluding hydrogens is 268 g/mol. The number of carbonyl (C=O) groups is 2. The first-order valence-electron chi connectivity index (χ1n) is 6.89. The predicted molar refractivity (Wildman–Crippen MR) is 80.3 cm³/mol. The maximum absolute atomic E-state index is 12.1. The summed E-state index contributed by atoms with van der Waals surface area (Å²) < 4.78 is 0. The number of likely N-dealkylation sites (tertiary alicyclic amines) is 1. The molecule has 2 N–H and O–H groups in total. The number of anilines is 1. The van der Waals surface area contributed by atoms with Gasteiger partial charge >= 0.3 is 12.0 Å². The van der Waals surface area contributed by atoms with Crippen LogP contribution in [0.25, 0.3) is 10.8 Å². The number of carboxylic acid groups (broad SMARTS) is 1. The van der Waals surface area contributed by atoms with Crippen LogP contribution in [0, 0.1) is 5.92 Å². The van der Waals surface area contributed by atoms with Gasteiger partial charge in [0, 0.05) is 24.4 Å². The summed E-state index contributed by atoms with van der Waals surface area (Å²) in [6.45, 7) is 1.01. The molecule has 0 unspecified atom stereocenters. The predicted octanol–water partition coefficient (Wildman–Crippen LogP) is 2.78. The third-order valence-corrected chi connectivity index (χ3v) is 3.74. The zero-order chi connectivity index (χ0) is 14.8. The molecule has 2 aromatic carbocycles. The molecule has 0 aliphatic carbocycles. The lowest BCUT2D eigenvalue weighted by atomic mass is 9.97. The van der Waals surface area contributed by atoms with Crippen LogP contribution in [0.15, 0.2) is 42.5 Å². The Labute approximate surface area is 122 Å². The van der Waals surface area contributed by atoms with Gasteiger partial charge in [-0.3, -0.25) is 4.79 Å². The van der Waals surface area contributed by atoms with Crippen molar-refractivity contribution >= 4 is 28.5 Å². The molecule has 0 aromatic heterocycles. The van der Waals surface area contributed by atoms with Gasteiger partial charge in [-0.2, -0.15) is 0 Å². The van der Waals surface area contributed by atoms with E-state index in [0.717, 1.165) is 16.5 Å². The highest BCUT2D eigenvalue weighted by Gasteiger charge is 2.32. The van der Waals surface area contributed by atoms with Gasteiger partial charge in [0.15, 0.2) is 0 Å². The third-order valence-electron chi connectivity index (χ3n) is 3.74. The van der Waals surface area contributed by atoms with E-state index >= 15 is 0 Å². The highest BCUT2D eigenvalue weighted by atomic mass is 16.4. The molecule has 2 amide bonds. The number of rotatable bonds is 3. The summed E-state index contributed by atoms with van der Waals surface area (Å²) in [5, 5.41) is 13.7. The fourth-order valence-corrected chi connectivity index (χ4v) is 2.64. The van der Waals surface area contributed by atoms with Crippen LogP contribution in [0.3, 0.4) is 0 Å². The van der Waals surface area contributed by atoms with Crippen LogP contribution in [0.4, 0.5) is 10.5 Å². The van der Waals surface area contributed by atoms with Gasteiger partial charge < -0.3 is 15.3 Å². The largest absolute Gasteiger partial charge is 0.481 e. The first-order chi connectivity index (χ1) is 10.1. The van der Waals surface area contributed by atoms with Crippen molar-refractivity contribution in [1.82, 2.24) is 4.90 Å². The Morgan fingerprint density at radius 3 is 2.62 bits per heavy atom. The van der Waals surface area contributed by atoms with E-state index in [1.54, 1.807) is 4.90 Å². The molecule has 21 heavy (non-hydrogen) atoms. The third kappa shape index (κ3) is 2.81. The van der Waals surface area contributed by atoms with E-state index in [2.05, 4.69) is 5.32 Å². The molecule has 108 valence electrons. The topological polar surface area (TPSA) is 69.6 Å². The number of carboxylic acids is 1. The lowest BCUT2D eigenvalue weighted by Crippen LogP contribution is -2.52. The monoisotopic (exact) mass is 284 g/mol. The number of hydrogen-bond acceptors (Lipinski definition) is 2. The van der Waals surface area contributed by atoms with Gasteiger partial charge in [0.25, 0.3) is 0 Å². The summed E-state index contributed by atoms with van der Waals surface area (Å²) in [5.41, 5.74) is 0.778. The summed E-state index contributed by atoms with van der Waals surface area (Å²) in [4.78, 5) is 24.4. The molecule has 1 heterocycles. The molecule has 5 nitrogen and oxygen atoms in total. The van der Waals surface area contributed by atoms with Crippen molar-refractivity contribution in [3.05, 3.63) is 42.5 Å². The van der Waals surface area contributed by atoms with Crippen LogP contribution in [0.5, 0.6) is 0 Å². The van der Waals surface area contributed by atoms with Crippen LogP contribution in [-0.2, 0) is 4.79 Å². The molecule has 0 spiro atoms. The standard InChI is InChI=1S/C16H16N2O3/c19-15(20)8-11-9-18(10-11)16(21)17-14-7-3-5-12-4-1-2-6-13(12)14/h1-7,11H,8-10H2,(H,17,21)(H,19,20). The number of amides is 2. The first kappa shape index (κ1) is 13.4. The number of nitrogens with one attached hydrogen (secondary N) is 1. The molecule has 1 aliphatic heterocycles. The number of hydrogen-bond donors (Lipinski definition) is 2. The quantitative estimate of drug-likeness (QED) is 0.910. The second kappa shape index (κ2) is 5.44. The van der Waals surface area contributed by atoms with Gasteiger partial charge in [0.05, 0.1) is 12.1 Å². The fourth-order valence-electron chi connectivity index (χ4n) is 2.64. The summed E-state index contributed by atoms with van der Waals surface area (Å²) in [6.07, 6.45) is 0.123. The molecule has 0 saturated carbocycles. The molecule has 1 fully saturated rings. The first-order valence-corrected chi connectivity index (χ1v) is 6.89. The normalized spacial score (nSPS) is 14.8. The number of benzene rings is 2. The maximum atomic E-state index is 12.1. The van der Waals surface area contributed by atoms with Crippen LogP contribution in [0.1, 0.15) is 6.42 Å². The molecule has 2 aromatic rings. The molecule has 5 heteroatoms. The van der Waals surface area contributed by atoms with Crippen molar-refractivity contribution < 1.29 is 14.7 Å². The molecule has 0 bridgehead atoms. The van der Waals surface area contributed by atoms with E-state index in [1.807, 2.05) is 42.5 Å². The lowest BCUT2D eigenvalue weighted by Gasteiger charge is -2.38. The molecule has 3 rings (SSSR count). The lowest BCUT2D eigenvalue weighted by molar-refractivity contribution is -0.139. The molecular formula is C16H16N2O3. The van der Waals surface area contributed by atoms with Crippen molar-refractivity contribution in [3.63, 3.8) is 0 Å². The Bertz CT molecular complexity index is 687. The van der Waals surface area contributed by atoms with Gasteiger partial charge in [-0.25, -0.2) is 4.79 Å². The zero-order valence-corrected chi connectivity index (χ0v) is 11.5. The maximum Gasteiger partial charge on any atom is 0.321 e. The van der Waals surface area contributed by atoms with E-state index < -0.39 is 5.97 Å². The molecule has 0 radical (unpaired) electrons. The van der Waals surface area contributed by atoms with Crippen molar-refractivity contribution in [2.75, 3.05) is 18.4 Å². The van der Waals surface area contributed by atoms with E-state index in [4.69, 9.17) is 5.11 Å². The minimum atomic E-state index is -0.811. The van der Waals surface area contributed by atoms with Crippen molar-refractivity contribution in [1.29, 1.82) is 0 Å². The van der Waals surface area contributed by atoms with Gasteiger partial charge in [-0.1, -0.05) is 36.4 Å². The number of carbonyl (C=O) groups excluding carboxylic acids is 1. The number of nitrogens with zero attached hydrogens (tertiary/aromatic N) is 1. The zero-order valence-electron chi connectivity index (χ0n) is 11.5. The summed E-state index contributed by atoms with van der Waals surface area (Å²) >= 11 is 0. The van der Waals surface area contributed by atoms with Gasteiger partial charge in [0.2, 0.25) is 0 Å². The average Bonchev–Trinajstić information content (AvgIpc) is 2.42. The Balaban J connectivity index is 1.67. The second-order valence-corrected chi connectivity index (χ2v) is 5.33. The minimum Gasteiger partial charge on any atom is -0.481 e. The van der Waals surface area contributed by atoms with E-state index in [1.165, 1.54) is 0 Å². The molecule has 0 atom stereocenters. The molecule has 1 aliphatic rings. The van der Waals surface area contributed by atoms with E-state index in [9.17, 15) is 9.59 Å². The number of fused-ring (bicyclic) bond motifs is 1.